The number of nitrogens with one attached hydrogen (secondary N) is 1. The second kappa shape index (κ2) is 7.58. The van der Waals surface area contributed by atoms with E-state index in [0.717, 1.165) is 6.07 Å². The van der Waals surface area contributed by atoms with Gasteiger partial charge in [0.05, 0.1) is 22.6 Å². The molecule has 6 nitrogen and oxygen atoms in total. The molecular formula is C14H17ClN2O4S. The highest BCUT2D eigenvalue weighted by Gasteiger charge is 2.24. The van der Waals surface area contributed by atoms with Crippen LogP contribution in [0.4, 0.5) is 0 Å². The zero-order valence-corrected chi connectivity index (χ0v) is 13.8. The molecule has 0 aromatic heterocycles. The van der Waals surface area contributed by atoms with Gasteiger partial charge in [0.2, 0.25) is 10.0 Å². The number of hydrogen-bond donors (Lipinski definition) is 2. The first kappa shape index (κ1) is 18.4. The molecule has 22 heavy (non-hydrogen) atoms. The summed E-state index contributed by atoms with van der Waals surface area (Å²) >= 11 is 5.85. The van der Waals surface area contributed by atoms with E-state index in [1.807, 2.05) is 19.9 Å². The predicted octanol–water partition coefficient (Wildman–Crippen LogP) is 2.24. The van der Waals surface area contributed by atoms with Crippen molar-refractivity contribution < 1.29 is 18.3 Å². The Morgan fingerprint density at radius 1 is 1.45 bits per heavy atom. The summed E-state index contributed by atoms with van der Waals surface area (Å²) in [6.45, 7) is 3.48. The summed E-state index contributed by atoms with van der Waals surface area (Å²) in [6, 6.07) is 5.71. The average molecular weight is 345 g/mol. The standard InChI is InChI=1S/C14H17ClN2O4S/c1-9(2)5-11(14(18)19)8-17-22(20,21)13-6-10(7-16)3-4-12(13)15/h3-4,6,9,11,17H,5,8H2,1-2H3,(H,18,19). The minimum atomic E-state index is -3.98. The van der Waals surface area contributed by atoms with Crippen molar-refractivity contribution in [2.45, 2.75) is 25.2 Å². The molecule has 0 spiro atoms. The van der Waals surface area contributed by atoms with E-state index >= 15 is 0 Å². The van der Waals surface area contributed by atoms with E-state index in [4.69, 9.17) is 22.0 Å². The normalized spacial score (nSPS) is 12.9. The molecule has 1 aromatic rings. The van der Waals surface area contributed by atoms with Gasteiger partial charge in [-0.1, -0.05) is 25.4 Å². The number of sulfonamides is 1. The topological polar surface area (TPSA) is 107 Å². The van der Waals surface area contributed by atoms with Crippen LogP contribution in [-0.2, 0) is 14.8 Å². The molecule has 0 bridgehead atoms. The molecule has 2 N–H and O–H groups in total. The number of carbonyl (C=O) groups is 1. The number of carboxylic acids is 1. The van der Waals surface area contributed by atoms with E-state index in [0.29, 0.717) is 6.42 Å². The van der Waals surface area contributed by atoms with Crippen LogP contribution in [0.2, 0.25) is 5.02 Å². The Bertz CT molecular complexity index is 695. The molecule has 0 saturated carbocycles. The number of rotatable bonds is 7. The summed E-state index contributed by atoms with van der Waals surface area (Å²) in [5.74, 6) is -1.77. The Morgan fingerprint density at radius 2 is 2.09 bits per heavy atom. The summed E-state index contributed by atoms with van der Waals surface area (Å²) < 4.78 is 26.7. The van der Waals surface area contributed by atoms with Crippen LogP contribution in [0.15, 0.2) is 23.1 Å². The van der Waals surface area contributed by atoms with Crippen LogP contribution in [0.3, 0.4) is 0 Å². The molecule has 0 aliphatic rings. The lowest BCUT2D eigenvalue weighted by Crippen LogP contribution is -2.33. The van der Waals surface area contributed by atoms with E-state index in [1.165, 1.54) is 12.1 Å². The minimum Gasteiger partial charge on any atom is -0.481 e. The van der Waals surface area contributed by atoms with Crippen LogP contribution in [0.5, 0.6) is 0 Å². The first-order valence-electron chi connectivity index (χ1n) is 6.59. The number of nitriles is 1. The molecule has 0 heterocycles. The van der Waals surface area contributed by atoms with E-state index < -0.39 is 21.9 Å². The SMILES string of the molecule is CC(C)CC(CNS(=O)(=O)c1cc(C#N)ccc1Cl)C(=O)O. The number of benzene rings is 1. The Balaban J connectivity index is 2.96. The van der Waals surface area contributed by atoms with Crippen molar-refractivity contribution in [3.8, 4) is 6.07 Å². The van der Waals surface area contributed by atoms with Crippen LogP contribution in [0.25, 0.3) is 0 Å². The third-order valence-electron chi connectivity index (χ3n) is 2.97. The Labute approximate surface area is 134 Å². The van der Waals surface area contributed by atoms with Crippen molar-refractivity contribution in [2.75, 3.05) is 6.54 Å². The smallest absolute Gasteiger partial charge is 0.307 e. The zero-order valence-electron chi connectivity index (χ0n) is 12.2. The van der Waals surface area contributed by atoms with E-state index in [1.54, 1.807) is 0 Å². The summed E-state index contributed by atoms with van der Waals surface area (Å²) in [6.07, 6.45) is 0.351. The summed E-state index contributed by atoms with van der Waals surface area (Å²) in [5, 5.41) is 17.9. The van der Waals surface area contributed by atoms with Gasteiger partial charge in [-0.05, 0) is 30.5 Å². The first-order valence-corrected chi connectivity index (χ1v) is 8.45. The van der Waals surface area contributed by atoms with E-state index in [9.17, 15) is 13.2 Å². The van der Waals surface area contributed by atoms with Crippen LogP contribution >= 0.6 is 11.6 Å². The fraction of sp³-hybridized carbons (Fsp3) is 0.429. The average Bonchev–Trinajstić information content (AvgIpc) is 2.43. The molecule has 0 amide bonds. The second-order valence-electron chi connectivity index (χ2n) is 5.27. The highest BCUT2D eigenvalue weighted by Crippen LogP contribution is 2.22. The van der Waals surface area contributed by atoms with Crippen molar-refractivity contribution in [3.05, 3.63) is 28.8 Å². The highest BCUT2D eigenvalue weighted by atomic mass is 35.5. The van der Waals surface area contributed by atoms with Crippen molar-refractivity contribution >= 4 is 27.6 Å². The quantitative estimate of drug-likeness (QED) is 0.788. The Hall–Kier alpha value is -1.62. The van der Waals surface area contributed by atoms with Gasteiger partial charge in [0.1, 0.15) is 4.90 Å². The van der Waals surface area contributed by atoms with Gasteiger partial charge in [0.15, 0.2) is 0 Å². The van der Waals surface area contributed by atoms with Crippen molar-refractivity contribution in [1.29, 1.82) is 5.26 Å². The summed E-state index contributed by atoms with van der Waals surface area (Å²) in [5.41, 5.74) is 0.154. The monoisotopic (exact) mass is 344 g/mol. The number of halogens is 1. The van der Waals surface area contributed by atoms with Crippen LogP contribution in [0, 0.1) is 23.2 Å². The lowest BCUT2D eigenvalue weighted by Gasteiger charge is -2.16. The van der Waals surface area contributed by atoms with Crippen LogP contribution in [0.1, 0.15) is 25.8 Å². The van der Waals surface area contributed by atoms with Gasteiger partial charge in [-0.3, -0.25) is 4.79 Å². The summed E-state index contributed by atoms with van der Waals surface area (Å²) in [7, 11) is -3.98. The van der Waals surface area contributed by atoms with Crippen molar-refractivity contribution in [1.82, 2.24) is 4.72 Å². The predicted molar refractivity (Wildman–Crippen MR) is 81.9 cm³/mol. The van der Waals surface area contributed by atoms with Crippen LogP contribution in [-0.4, -0.2) is 26.0 Å². The lowest BCUT2D eigenvalue weighted by molar-refractivity contribution is -0.142. The third kappa shape index (κ3) is 4.98. The largest absolute Gasteiger partial charge is 0.481 e. The van der Waals surface area contributed by atoms with E-state index in [2.05, 4.69) is 4.72 Å². The molecule has 0 saturated heterocycles. The zero-order chi connectivity index (χ0) is 16.9. The highest BCUT2D eigenvalue weighted by molar-refractivity contribution is 7.89. The van der Waals surface area contributed by atoms with Gasteiger partial charge in [-0.15, -0.1) is 0 Å². The number of carboxylic acid groups (broad SMARTS) is 1. The molecule has 120 valence electrons. The van der Waals surface area contributed by atoms with Gasteiger partial charge in [-0.25, -0.2) is 13.1 Å². The number of nitrogens with zero attached hydrogens (tertiary/aromatic N) is 1. The van der Waals surface area contributed by atoms with Gasteiger partial charge in [0, 0.05) is 6.54 Å². The number of hydrogen-bond acceptors (Lipinski definition) is 4. The summed E-state index contributed by atoms with van der Waals surface area (Å²) in [4.78, 5) is 10.9. The minimum absolute atomic E-state index is 0.0257. The molecule has 0 radical (unpaired) electrons. The first-order chi connectivity index (χ1) is 10.2. The lowest BCUT2D eigenvalue weighted by atomic mass is 9.98. The van der Waals surface area contributed by atoms with Gasteiger partial charge in [-0.2, -0.15) is 5.26 Å². The molecule has 1 aromatic carbocycles. The fourth-order valence-electron chi connectivity index (χ4n) is 1.91. The number of aliphatic carboxylic acids is 1. The maximum Gasteiger partial charge on any atom is 0.307 e. The van der Waals surface area contributed by atoms with E-state index in [-0.39, 0.29) is 27.9 Å². The van der Waals surface area contributed by atoms with Crippen molar-refractivity contribution in [3.63, 3.8) is 0 Å². The maximum atomic E-state index is 12.2. The fourth-order valence-corrected chi connectivity index (χ4v) is 3.51. The third-order valence-corrected chi connectivity index (χ3v) is 4.88. The Kier molecular flexibility index (Phi) is 6.35. The van der Waals surface area contributed by atoms with Crippen LogP contribution < -0.4 is 4.72 Å². The molecule has 0 fully saturated rings. The molecule has 1 unspecified atom stereocenters. The molecular weight excluding hydrogens is 328 g/mol. The van der Waals surface area contributed by atoms with Gasteiger partial charge in [0.25, 0.3) is 0 Å². The van der Waals surface area contributed by atoms with Crippen molar-refractivity contribution in [2.24, 2.45) is 11.8 Å². The molecule has 8 heteroatoms. The molecule has 1 rings (SSSR count). The molecule has 0 aliphatic heterocycles. The maximum absolute atomic E-state index is 12.2. The molecule has 0 aliphatic carbocycles. The van der Waals surface area contributed by atoms with Gasteiger partial charge >= 0.3 is 5.97 Å². The second-order valence-corrected chi connectivity index (χ2v) is 7.42. The van der Waals surface area contributed by atoms with Gasteiger partial charge < -0.3 is 5.11 Å². The molecule has 1 atom stereocenters. The Morgan fingerprint density at radius 3 is 2.59 bits per heavy atom.